The topological polar surface area (TPSA) is 62.7 Å². The molecule has 0 spiro atoms. The molecule has 0 aromatic carbocycles. The predicted octanol–water partition coefficient (Wildman–Crippen LogP) is 2.37. The number of hydrogen-bond donors (Lipinski definition) is 1. The molecule has 92 valence electrons. The Bertz CT molecular complexity index is 461. The lowest BCUT2D eigenvalue weighted by atomic mass is 10.0. The van der Waals surface area contributed by atoms with Crippen LogP contribution in [0.25, 0.3) is 0 Å². The normalized spacial score (nSPS) is 11.6. The van der Waals surface area contributed by atoms with Gasteiger partial charge in [-0.15, -0.1) is 0 Å². The van der Waals surface area contributed by atoms with Crippen molar-refractivity contribution in [3.05, 3.63) is 28.6 Å². The predicted molar refractivity (Wildman–Crippen MR) is 46.8 cm³/mol. The summed E-state index contributed by atoms with van der Waals surface area (Å²) in [6.07, 6.45) is -7.81. The van der Waals surface area contributed by atoms with Crippen LogP contribution in [0.1, 0.15) is 28.8 Å². The summed E-state index contributed by atoms with van der Waals surface area (Å²) in [6, 6.07) is 1.13. The highest BCUT2D eigenvalue weighted by Crippen LogP contribution is 2.36. The first-order chi connectivity index (χ1) is 7.82. The highest BCUT2D eigenvalue weighted by atomic mass is 19.4. The molecule has 1 aromatic heterocycles. The average molecular weight is 251 g/mol. The molecule has 1 heterocycles. The molecule has 0 unspecified atom stereocenters. The van der Waals surface area contributed by atoms with Gasteiger partial charge in [0.2, 0.25) is 0 Å². The number of alkyl halides is 5. The standard InChI is InChI=1S/C9H6F5N3/c10-8(11)7-4(1-15)5(9(12,13)14)3-17-6(7)2-16/h3,8H,2,16H2. The van der Waals surface area contributed by atoms with Crippen molar-refractivity contribution in [1.29, 1.82) is 5.26 Å². The van der Waals surface area contributed by atoms with E-state index in [4.69, 9.17) is 11.0 Å². The monoisotopic (exact) mass is 251 g/mol. The van der Waals surface area contributed by atoms with Crippen molar-refractivity contribution in [3.63, 3.8) is 0 Å². The Morgan fingerprint density at radius 1 is 1.41 bits per heavy atom. The van der Waals surface area contributed by atoms with Crippen molar-refractivity contribution in [2.45, 2.75) is 19.1 Å². The van der Waals surface area contributed by atoms with Crippen molar-refractivity contribution in [2.75, 3.05) is 0 Å². The van der Waals surface area contributed by atoms with Gasteiger partial charge in [0.25, 0.3) is 6.43 Å². The van der Waals surface area contributed by atoms with E-state index < -0.39 is 41.5 Å². The summed E-state index contributed by atoms with van der Waals surface area (Å²) in [7, 11) is 0. The van der Waals surface area contributed by atoms with Gasteiger partial charge >= 0.3 is 6.18 Å². The molecule has 0 amide bonds. The third-order valence-electron chi connectivity index (χ3n) is 2.03. The summed E-state index contributed by atoms with van der Waals surface area (Å²) in [5.74, 6) is 0. The molecule has 2 N–H and O–H groups in total. The fraction of sp³-hybridized carbons (Fsp3) is 0.333. The van der Waals surface area contributed by atoms with E-state index >= 15 is 0 Å². The second kappa shape index (κ2) is 4.63. The molecule has 0 radical (unpaired) electrons. The molecule has 0 aliphatic heterocycles. The third-order valence-corrected chi connectivity index (χ3v) is 2.03. The van der Waals surface area contributed by atoms with E-state index in [0.29, 0.717) is 6.20 Å². The van der Waals surface area contributed by atoms with Crippen molar-refractivity contribution in [1.82, 2.24) is 4.98 Å². The van der Waals surface area contributed by atoms with Gasteiger partial charge in [0.05, 0.1) is 22.4 Å². The maximum absolute atomic E-state index is 12.6. The summed E-state index contributed by atoms with van der Waals surface area (Å²) in [5.41, 5.74) is 1.02. The van der Waals surface area contributed by atoms with Gasteiger partial charge in [-0.3, -0.25) is 4.98 Å². The lowest BCUT2D eigenvalue weighted by Crippen LogP contribution is -2.15. The van der Waals surface area contributed by atoms with E-state index in [2.05, 4.69) is 4.98 Å². The van der Waals surface area contributed by atoms with Crippen LogP contribution in [0.5, 0.6) is 0 Å². The van der Waals surface area contributed by atoms with E-state index in [1.807, 2.05) is 0 Å². The molecule has 8 heteroatoms. The van der Waals surface area contributed by atoms with Crippen molar-refractivity contribution >= 4 is 0 Å². The minimum Gasteiger partial charge on any atom is -0.325 e. The van der Waals surface area contributed by atoms with Crippen LogP contribution in [0.4, 0.5) is 22.0 Å². The first kappa shape index (κ1) is 13.3. The summed E-state index contributed by atoms with van der Waals surface area (Å²) in [4.78, 5) is 3.22. The van der Waals surface area contributed by atoms with E-state index in [0.717, 1.165) is 6.07 Å². The summed E-state index contributed by atoms with van der Waals surface area (Å²) in [6.45, 7) is -0.466. The van der Waals surface area contributed by atoms with E-state index in [-0.39, 0.29) is 0 Å². The molecule has 0 saturated carbocycles. The number of pyridine rings is 1. The summed E-state index contributed by atoms with van der Waals surface area (Å²) >= 11 is 0. The zero-order valence-electron chi connectivity index (χ0n) is 8.22. The van der Waals surface area contributed by atoms with E-state index in [1.54, 1.807) is 0 Å². The highest BCUT2D eigenvalue weighted by Gasteiger charge is 2.37. The third kappa shape index (κ3) is 2.50. The van der Waals surface area contributed by atoms with Gasteiger partial charge in [0, 0.05) is 12.7 Å². The van der Waals surface area contributed by atoms with Crippen LogP contribution in [0, 0.1) is 11.3 Å². The zero-order valence-corrected chi connectivity index (χ0v) is 8.22. The Kier molecular flexibility index (Phi) is 3.63. The molecule has 0 saturated heterocycles. The Balaban J connectivity index is 3.60. The minimum absolute atomic E-state index is 0.340. The zero-order chi connectivity index (χ0) is 13.2. The van der Waals surface area contributed by atoms with Gasteiger partial charge < -0.3 is 5.73 Å². The average Bonchev–Trinajstić information content (AvgIpc) is 2.25. The van der Waals surface area contributed by atoms with Gasteiger partial charge in [0.1, 0.15) is 6.07 Å². The maximum atomic E-state index is 12.6. The fourth-order valence-corrected chi connectivity index (χ4v) is 1.30. The SMILES string of the molecule is N#Cc1c(C(F)(F)F)cnc(CN)c1C(F)F. The largest absolute Gasteiger partial charge is 0.419 e. The van der Waals surface area contributed by atoms with Crippen molar-refractivity contribution in [3.8, 4) is 6.07 Å². The molecule has 3 nitrogen and oxygen atoms in total. The summed E-state index contributed by atoms with van der Waals surface area (Å²) in [5, 5.41) is 8.58. The lowest BCUT2D eigenvalue weighted by molar-refractivity contribution is -0.138. The number of nitrogens with two attached hydrogens (primary N) is 1. The number of nitrogens with zero attached hydrogens (tertiary/aromatic N) is 2. The number of aromatic nitrogens is 1. The van der Waals surface area contributed by atoms with Gasteiger partial charge in [0.15, 0.2) is 0 Å². The highest BCUT2D eigenvalue weighted by molar-refractivity contribution is 5.47. The molecule has 0 atom stereocenters. The number of halogens is 5. The van der Waals surface area contributed by atoms with Crippen LogP contribution in [0.15, 0.2) is 6.20 Å². The quantitative estimate of drug-likeness (QED) is 0.820. The Morgan fingerprint density at radius 2 is 2.00 bits per heavy atom. The van der Waals surface area contributed by atoms with Crippen LogP contribution in [-0.4, -0.2) is 4.98 Å². The number of rotatable bonds is 2. The first-order valence-corrected chi connectivity index (χ1v) is 4.30. The fourth-order valence-electron chi connectivity index (χ4n) is 1.30. The molecule has 17 heavy (non-hydrogen) atoms. The maximum Gasteiger partial charge on any atom is 0.419 e. The van der Waals surface area contributed by atoms with Gasteiger partial charge in [-0.05, 0) is 0 Å². The van der Waals surface area contributed by atoms with Gasteiger partial charge in [-0.1, -0.05) is 0 Å². The second-order valence-corrected chi connectivity index (χ2v) is 3.02. The van der Waals surface area contributed by atoms with Crippen LogP contribution in [-0.2, 0) is 12.7 Å². The van der Waals surface area contributed by atoms with Gasteiger partial charge in [-0.25, -0.2) is 8.78 Å². The van der Waals surface area contributed by atoms with Crippen molar-refractivity contribution in [2.24, 2.45) is 5.73 Å². The molecule has 0 aliphatic carbocycles. The molecule has 0 fully saturated rings. The Morgan fingerprint density at radius 3 is 2.35 bits per heavy atom. The molecular weight excluding hydrogens is 245 g/mol. The molecule has 1 rings (SSSR count). The minimum atomic E-state index is -4.91. The van der Waals surface area contributed by atoms with Crippen molar-refractivity contribution < 1.29 is 22.0 Å². The number of nitriles is 1. The van der Waals surface area contributed by atoms with E-state index in [9.17, 15) is 22.0 Å². The first-order valence-electron chi connectivity index (χ1n) is 4.30. The smallest absolute Gasteiger partial charge is 0.325 e. The molecule has 0 aliphatic rings. The van der Waals surface area contributed by atoms with Crippen LogP contribution >= 0.6 is 0 Å². The van der Waals surface area contributed by atoms with E-state index in [1.165, 1.54) is 0 Å². The van der Waals surface area contributed by atoms with Gasteiger partial charge in [-0.2, -0.15) is 18.4 Å². The number of hydrogen-bond acceptors (Lipinski definition) is 3. The molecule has 1 aromatic rings. The molecular formula is C9H6F5N3. The Hall–Kier alpha value is -1.75. The van der Waals surface area contributed by atoms with Crippen LogP contribution in [0.2, 0.25) is 0 Å². The van der Waals surface area contributed by atoms with Crippen LogP contribution < -0.4 is 5.73 Å². The second-order valence-electron chi connectivity index (χ2n) is 3.02. The van der Waals surface area contributed by atoms with Crippen LogP contribution in [0.3, 0.4) is 0 Å². The Labute approximate surface area is 92.7 Å². The molecule has 0 bridgehead atoms. The summed E-state index contributed by atoms with van der Waals surface area (Å²) < 4.78 is 62.6. The lowest BCUT2D eigenvalue weighted by Gasteiger charge is -2.14.